The molecule has 1 aliphatic rings. The van der Waals surface area contributed by atoms with E-state index in [1.807, 2.05) is 36.4 Å². The number of amides is 1. The van der Waals surface area contributed by atoms with E-state index in [2.05, 4.69) is 15.4 Å². The topological polar surface area (TPSA) is 78.3 Å². The number of nitrogens with one attached hydrogen (secondary N) is 1. The van der Waals surface area contributed by atoms with Gasteiger partial charge in [0.2, 0.25) is 6.10 Å². The molecule has 4 rings (SSSR count). The van der Waals surface area contributed by atoms with Gasteiger partial charge in [0.05, 0.1) is 12.2 Å². The van der Waals surface area contributed by atoms with Crippen LogP contribution in [-0.4, -0.2) is 33.4 Å². The highest BCUT2D eigenvalue weighted by atomic mass is 16.6. The smallest absolute Gasteiger partial charge is 0.270 e. The van der Waals surface area contributed by atoms with E-state index in [9.17, 15) is 4.79 Å². The molecule has 25 heavy (non-hydrogen) atoms. The van der Waals surface area contributed by atoms with Gasteiger partial charge in [0.25, 0.3) is 5.91 Å². The van der Waals surface area contributed by atoms with Crippen LogP contribution < -0.4 is 14.8 Å². The maximum absolute atomic E-state index is 12.4. The van der Waals surface area contributed by atoms with E-state index in [-0.39, 0.29) is 12.5 Å². The molecule has 3 heterocycles. The molecule has 0 saturated carbocycles. The number of hydrogen-bond acceptors (Lipinski definition) is 5. The molecule has 1 N–H and O–H groups in total. The van der Waals surface area contributed by atoms with Crippen molar-refractivity contribution in [3.8, 4) is 11.5 Å². The molecular formula is C18H16N4O3. The number of fused-ring (bicyclic) bond motifs is 1. The largest absolute Gasteiger partial charge is 0.485 e. The summed E-state index contributed by atoms with van der Waals surface area (Å²) >= 11 is 0. The second-order valence-corrected chi connectivity index (χ2v) is 5.57. The van der Waals surface area contributed by atoms with Gasteiger partial charge in [-0.25, -0.2) is 0 Å². The van der Waals surface area contributed by atoms with Gasteiger partial charge in [-0.3, -0.25) is 14.5 Å². The summed E-state index contributed by atoms with van der Waals surface area (Å²) in [6.07, 6.45) is 2.81. The zero-order chi connectivity index (χ0) is 17.1. The van der Waals surface area contributed by atoms with Gasteiger partial charge in [-0.1, -0.05) is 18.2 Å². The number of ether oxygens (including phenoxy) is 2. The Balaban J connectivity index is 1.39. The fraction of sp³-hybridized carbons (Fsp3) is 0.167. The molecule has 126 valence electrons. The van der Waals surface area contributed by atoms with Gasteiger partial charge in [0, 0.05) is 18.5 Å². The average molecular weight is 336 g/mol. The van der Waals surface area contributed by atoms with Gasteiger partial charge in [0.1, 0.15) is 6.61 Å². The zero-order valence-electron chi connectivity index (χ0n) is 13.3. The minimum atomic E-state index is -0.712. The van der Waals surface area contributed by atoms with Crippen LogP contribution in [0.5, 0.6) is 11.5 Å². The number of carbonyl (C=O) groups excluding carboxylic acids is 1. The molecule has 0 spiro atoms. The number of hydrogen-bond donors (Lipinski definition) is 1. The molecule has 7 nitrogen and oxygen atoms in total. The molecule has 7 heteroatoms. The maximum Gasteiger partial charge on any atom is 0.270 e. The number of carbonyl (C=O) groups is 1. The Morgan fingerprint density at radius 2 is 2.00 bits per heavy atom. The Kier molecular flexibility index (Phi) is 4.04. The monoisotopic (exact) mass is 336 g/mol. The predicted octanol–water partition coefficient (Wildman–Crippen LogP) is 2.10. The fourth-order valence-electron chi connectivity index (χ4n) is 2.53. The molecule has 1 atom stereocenters. The van der Waals surface area contributed by atoms with Crippen LogP contribution in [0.2, 0.25) is 0 Å². The number of nitrogens with zero attached hydrogens (tertiary/aromatic N) is 3. The molecule has 1 aromatic carbocycles. The van der Waals surface area contributed by atoms with Crippen LogP contribution in [0, 0.1) is 0 Å². The Bertz CT molecular complexity index is 879. The van der Waals surface area contributed by atoms with E-state index >= 15 is 0 Å². The standard InChI is InChI=1S/C18H16N4O3/c23-18(16-12-24-14-6-1-2-7-15(14)25-16)20-17-8-10-22(21-17)11-13-5-3-4-9-19-13/h1-10,16H,11-12H2,(H,20,21,23)/t16-/m0/s1. The summed E-state index contributed by atoms with van der Waals surface area (Å²) < 4.78 is 13.0. The minimum absolute atomic E-state index is 0.164. The Morgan fingerprint density at radius 1 is 1.16 bits per heavy atom. The first kappa shape index (κ1) is 15.2. The van der Waals surface area contributed by atoms with Crippen LogP contribution in [0.15, 0.2) is 60.9 Å². The van der Waals surface area contributed by atoms with Gasteiger partial charge >= 0.3 is 0 Å². The highest BCUT2D eigenvalue weighted by molar-refractivity contribution is 5.93. The molecule has 0 bridgehead atoms. The van der Waals surface area contributed by atoms with Gasteiger partial charge in [-0.05, 0) is 24.3 Å². The van der Waals surface area contributed by atoms with Crippen molar-refractivity contribution >= 4 is 11.7 Å². The van der Waals surface area contributed by atoms with Crippen molar-refractivity contribution in [2.45, 2.75) is 12.6 Å². The third-order valence-corrected chi connectivity index (χ3v) is 3.74. The summed E-state index contributed by atoms with van der Waals surface area (Å²) in [5.74, 6) is 1.38. The summed E-state index contributed by atoms with van der Waals surface area (Å²) in [5.41, 5.74) is 0.893. The lowest BCUT2D eigenvalue weighted by atomic mass is 10.2. The quantitative estimate of drug-likeness (QED) is 0.789. The highest BCUT2D eigenvalue weighted by Gasteiger charge is 2.27. The molecule has 3 aromatic rings. The van der Waals surface area contributed by atoms with Crippen molar-refractivity contribution in [2.75, 3.05) is 11.9 Å². The third kappa shape index (κ3) is 3.45. The van der Waals surface area contributed by atoms with Crippen LogP contribution in [0.1, 0.15) is 5.69 Å². The lowest BCUT2D eigenvalue weighted by Gasteiger charge is -2.25. The van der Waals surface area contributed by atoms with Crippen molar-refractivity contribution in [2.24, 2.45) is 0 Å². The second kappa shape index (κ2) is 6.64. The van der Waals surface area contributed by atoms with E-state index in [4.69, 9.17) is 9.47 Å². The summed E-state index contributed by atoms with van der Waals surface area (Å²) in [6, 6.07) is 14.7. The number of rotatable bonds is 4. The van der Waals surface area contributed by atoms with E-state index in [1.165, 1.54) is 0 Å². The van der Waals surface area contributed by atoms with Crippen LogP contribution in [0.4, 0.5) is 5.82 Å². The van der Waals surface area contributed by atoms with Crippen molar-refractivity contribution < 1.29 is 14.3 Å². The molecule has 0 saturated heterocycles. The van der Waals surface area contributed by atoms with Crippen molar-refractivity contribution in [3.05, 3.63) is 66.6 Å². The Morgan fingerprint density at radius 3 is 2.84 bits per heavy atom. The predicted molar refractivity (Wildman–Crippen MR) is 90.5 cm³/mol. The maximum atomic E-state index is 12.4. The molecule has 0 unspecified atom stereocenters. The minimum Gasteiger partial charge on any atom is -0.485 e. The molecule has 0 radical (unpaired) electrons. The molecule has 0 fully saturated rings. The number of pyridine rings is 1. The lowest BCUT2D eigenvalue weighted by molar-refractivity contribution is -0.125. The first-order chi connectivity index (χ1) is 12.3. The Labute approximate surface area is 144 Å². The van der Waals surface area contributed by atoms with Crippen molar-refractivity contribution in [1.82, 2.24) is 14.8 Å². The zero-order valence-corrected chi connectivity index (χ0v) is 13.3. The fourth-order valence-corrected chi connectivity index (χ4v) is 2.53. The summed E-state index contributed by atoms with van der Waals surface area (Å²) in [5, 5.41) is 7.09. The van der Waals surface area contributed by atoms with Gasteiger partial charge in [-0.2, -0.15) is 5.10 Å². The first-order valence-electron chi connectivity index (χ1n) is 7.91. The Hall–Kier alpha value is -3.35. The molecule has 2 aromatic heterocycles. The molecule has 1 amide bonds. The number of aromatic nitrogens is 3. The van der Waals surface area contributed by atoms with Crippen LogP contribution in [0.25, 0.3) is 0 Å². The third-order valence-electron chi connectivity index (χ3n) is 3.74. The lowest BCUT2D eigenvalue weighted by Crippen LogP contribution is -2.40. The number of anilines is 1. The van der Waals surface area contributed by atoms with E-state index < -0.39 is 6.10 Å². The average Bonchev–Trinajstić information content (AvgIpc) is 3.09. The second-order valence-electron chi connectivity index (χ2n) is 5.57. The number of para-hydroxylation sites is 2. The van der Waals surface area contributed by atoms with E-state index in [0.717, 1.165) is 5.69 Å². The normalized spacial score (nSPS) is 15.6. The van der Waals surface area contributed by atoms with E-state index in [0.29, 0.717) is 23.9 Å². The molecular weight excluding hydrogens is 320 g/mol. The SMILES string of the molecule is O=C(Nc1ccn(Cc2ccccn2)n1)[C@@H]1COc2ccccc2O1. The summed E-state index contributed by atoms with van der Waals surface area (Å²) in [6.45, 7) is 0.699. The van der Waals surface area contributed by atoms with Crippen molar-refractivity contribution in [3.63, 3.8) is 0 Å². The van der Waals surface area contributed by atoms with Crippen LogP contribution in [0.3, 0.4) is 0 Å². The van der Waals surface area contributed by atoms with Gasteiger partial charge < -0.3 is 14.8 Å². The van der Waals surface area contributed by atoms with Crippen LogP contribution in [-0.2, 0) is 11.3 Å². The van der Waals surface area contributed by atoms with Crippen molar-refractivity contribution in [1.29, 1.82) is 0 Å². The summed E-state index contributed by atoms with van der Waals surface area (Å²) in [7, 11) is 0. The molecule has 0 aliphatic carbocycles. The summed E-state index contributed by atoms with van der Waals surface area (Å²) in [4.78, 5) is 16.6. The van der Waals surface area contributed by atoms with E-state index in [1.54, 1.807) is 29.2 Å². The first-order valence-corrected chi connectivity index (χ1v) is 7.91. The van der Waals surface area contributed by atoms with Gasteiger partial charge in [-0.15, -0.1) is 0 Å². The van der Waals surface area contributed by atoms with Gasteiger partial charge in [0.15, 0.2) is 17.3 Å². The molecule has 1 aliphatic heterocycles. The highest BCUT2D eigenvalue weighted by Crippen LogP contribution is 2.31. The van der Waals surface area contributed by atoms with Crippen LogP contribution >= 0.6 is 0 Å². The number of benzene rings is 1.